The van der Waals surface area contributed by atoms with Crippen LogP contribution in [-0.4, -0.2) is 9.55 Å². The van der Waals surface area contributed by atoms with Gasteiger partial charge in [0.05, 0.1) is 11.0 Å². The van der Waals surface area contributed by atoms with Crippen molar-refractivity contribution in [1.82, 2.24) is 9.55 Å². The van der Waals surface area contributed by atoms with Crippen molar-refractivity contribution in [2.75, 3.05) is 0 Å². The summed E-state index contributed by atoms with van der Waals surface area (Å²) in [6.07, 6.45) is 3.32. The lowest BCUT2D eigenvalue weighted by atomic mass is 10.1. The predicted molar refractivity (Wildman–Crippen MR) is 75.4 cm³/mol. The van der Waals surface area contributed by atoms with Gasteiger partial charge in [0.15, 0.2) is 0 Å². The van der Waals surface area contributed by atoms with E-state index in [-0.39, 0.29) is 0 Å². The molecular formula is C15H24N2. The lowest BCUT2D eigenvalue weighted by molar-refractivity contribution is 0.829. The molecule has 0 aliphatic rings. The van der Waals surface area contributed by atoms with E-state index in [4.69, 9.17) is 0 Å². The van der Waals surface area contributed by atoms with Crippen LogP contribution >= 0.6 is 0 Å². The molecule has 2 nitrogen and oxygen atoms in total. The Hall–Kier alpha value is -1.31. The first kappa shape index (κ1) is 13.8. The van der Waals surface area contributed by atoms with E-state index >= 15 is 0 Å². The van der Waals surface area contributed by atoms with Gasteiger partial charge in [-0.25, -0.2) is 4.98 Å². The summed E-state index contributed by atoms with van der Waals surface area (Å²) < 4.78 is 2.18. The van der Waals surface area contributed by atoms with Crippen molar-refractivity contribution in [3.63, 3.8) is 0 Å². The molecule has 0 unspecified atom stereocenters. The van der Waals surface area contributed by atoms with E-state index in [1.165, 1.54) is 17.5 Å². The van der Waals surface area contributed by atoms with Gasteiger partial charge in [0.25, 0.3) is 0 Å². The lowest BCUT2D eigenvalue weighted by Gasteiger charge is -1.98. The molecule has 0 radical (unpaired) electrons. The molecule has 17 heavy (non-hydrogen) atoms. The van der Waals surface area contributed by atoms with Gasteiger partial charge in [-0.05, 0) is 24.1 Å². The summed E-state index contributed by atoms with van der Waals surface area (Å²) in [4.78, 5) is 4.60. The Morgan fingerprint density at radius 1 is 1.06 bits per heavy atom. The monoisotopic (exact) mass is 232 g/mol. The fourth-order valence-electron chi connectivity index (χ4n) is 1.83. The molecule has 0 saturated heterocycles. The Bertz CT molecular complexity index is 469. The molecule has 1 aromatic carbocycles. The third kappa shape index (κ3) is 3.09. The summed E-state index contributed by atoms with van der Waals surface area (Å²) >= 11 is 0. The summed E-state index contributed by atoms with van der Waals surface area (Å²) in [7, 11) is 2.08. The number of imidazole rings is 1. The van der Waals surface area contributed by atoms with E-state index in [2.05, 4.69) is 62.5 Å². The number of aryl methyl sites for hydroxylation is 3. The second-order valence-corrected chi connectivity index (χ2v) is 4.32. The van der Waals surface area contributed by atoms with Crippen LogP contribution in [0, 0.1) is 0 Å². The predicted octanol–water partition coefficient (Wildman–Crippen LogP) is 4.11. The normalized spacial score (nSPS) is 10.2. The van der Waals surface area contributed by atoms with Gasteiger partial charge in [0, 0.05) is 13.5 Å². The Kier molecular flexibility index (Phi) is 5.20. The Balaban J connectivity index is 0.000000437. The summed E-state index contributed by atoms with van der Waals surface area (Å²) in [6.45, 7) is 8.56. The summed E-state index contributed by atoms with van der Waals surface area (Å²) in [5.74, 6) is 1.16. The summed E-state index contributed by atoms with van der Waals surface area (Å²) in [5, 5.41) is 0. The summed E-state index contributed by atoms with van der Waals surface area (Å²) in [6, 6.07) is 6.54. The van der Waals surface area contributed by atoms with Crippen molar-refractivity contribution in [1.29, 1.82) is 0 Å². The third-order valence-electron chi connectivity index (χ3n) is 2.76. The van der Waals surface area contributed by atoms with Crippen LogP contribution < -0.4 is 0 Å². The molecule has 2 heteroatoms. The van der Waals surface area contributed by atoms with Crippen LogP contribution in [0.5, 0.6) is 0 Å². The first-order valence-electron chi connectivity index (χ1n) is 6.62. The molecule has 2 rings (SSSR count). The second-order valence-electron chi connectivity index (χ2n) is 4.32. The minimum Gasteiger partial charge on any atom is -0.331 e. The van der Waals surface area contributed by atoms with Crippen LogP contribution in [0.15, 0.2) is 18.2 Å². The smallest absolute Gasteiger partial charge is 0.109 e. The van der Waals surface area contributed by atoms with Gasteiger partial charge in [0.1, 0.15) is 5.82 Å². The van der Waals surface area contributed by atoms with Crippen molar-refractivity contribution in [3.8, 4) is 0 Å². The van der Waals surface area contributed by atoms with Crippen LogP contribution in [0.3, 0.4) is 0 Å². The fourth-order valence-corrected chi connectivity index (χ4v) is 1.83. The molecule has 0 aliphatic carbocycles. The average molecular weight is 232 g/mol. The molecule has 0 aliphatic heterocycles. The number of rotatable bonds is 2. The molecule has 94 valence electrons. The average Bonchev–Trinajstić information content (AvgIpc) is 2.66. The quantitative estimate of drug-likeness (QED) is 0.761. The van der Waals surface area contributed by atoms with Gasteiger partial charge < -0.3 is 4.57 Å². The Labute approximate surface area is 105 Å². The zero-order valence-corrected chi connectivity index (χ0v) is 11.7. The Morgan fingerprint density at radius 3 is 2.24 bits per heavy atom. The highest BCUT2D eigenvalue weighted by Gasteiger charge is 2.05. The van der Waals surface area contributed by atoms with Gasteiger partial charge in [-0.3, -0.25) is 0 Å². The number of nitrogens with zero attached hydrogens (tertiary/aromatic N) is 2. The minimum absolute atomic E-state index is 0.993. The summed E-state index contributed by atoms with van der Waals surface area (Å²) in [5.41, 5.74) is 3.72. The van der Waals surface area contributed by atoms with Gasteiger partial charge in [0.2, 0.25) is 0 Å². The molecule has 2 aromatic rings. The molecule has 1 aromatic heterocycles. The van der Waals surface area contributed by atoms with E-state index in [9.17, 15) is 0 Å². The third-order valence-corrected chi connectivity index (χ3v) is 2.76. The molecule has 0 saturated carbocycles. The molecule has 0 bridgehead atoms. The van der Waals surface area contributed by atoms with Crippen molar-refractivity contribution >= 4 is 11.0 Å². The van der Waals surface area contributed by atoms with Crippen LogP contribution in [0.4, 0.5) is 0 Å². The van der Waals surface area contributed by atoms with Crippen LogP contribution in [0.1, 0.15) is 45.5 Å². The first-order valence-corrected chi connectivity index (χ1v) is 6.62. The van der Waals surface area contributed by atoms with E-state index in [0.29, 0.717) is 0 Å². The molecule has 0 amide bonds. The van der Waals surface area contributed by atoms with E-state index in [0.717, 1.165) is 24.2 Å². The van der Waals surface area contributed by atoms with Crippen molar-refractivity contribution < 1.29 is 0 Å². The molecular weight excluding hydrogens is 208 g/mol. The molecule has 1 heterocycles. The zero-order chi connectivity index (χ0) is 12.8. The van der Waals surface area contributed by atoms with Gasteiger partial charge in [-0.15, -0.1) is 0 Å². The fraction of sp³-hybridized carbons (Fsp3) is 0.533. The number of hydrogen-bond donors (Lipinski definition) is 0. The number of aromatic nitrogens is 2. The van der Waals surface area contributed by atoms with E-state index < -0.39 is 0 Å². The molecule has 0 spiro atoms. The Morgan fingerprint density at radius 2 is 1.71 bits per heavy atom. The van der Waals surface area contributed by atoms with Crippen molar-refractivity contribution in [3.05, 3.63) is 29.6 Å². The zero-order valence-electron chi connectivity index (χ0n) is 11.7. The maximum atomic E-state index is 4.60. The SMILES string of the molecule is CCC.CCc1ccc2c(c1)nc(CC)n2C. The van der Waals surface area contributed by atoms with Crippen molar-refractivity contribution in [2.24, 2.45) is 7.05 Å². The van der Waals surface area contributed by atoms with Gasteiger partial charge in [-0.1, -0.05) is 40.2 Å². The minimum atomic E-state index is 0.993. The largest absolute Gasteiger partial charge is 0.331 e. The highest BCUT2D eigenvalue weighted by Crippen LogP contribution is 2.17. The molecule has 0 fully saturated rings. The van der Waals surface area contributed by atoms with Crippen LogP contribution in [0.2, 0.25) is 0 Å². The van der Waals surface area contributed by atoms with Crippen LogP contribution in [0.25, 0.3) is 11.0 Å². The first-order chi connectivity index (χ1) is 8.17. The van der Waals surface area contributed by atoms with Crippen molar-refractivity contribution in [2.45, 2.75) is 47.0 Å². The maximum Gasteiger partial charge on any atom is 0.109 e. The molecule has 0 N–H and O–H groups in total. The maximum absolute atomic E-state index is 4.60. The number of hydrogen-bond acceptors (Lipinski definition) is 1. The number of fused-ring (bicyclic) bond motifs is 1. The highest BCUT2D eigenvalue weighted by molar-refractivity contribution is 5.76. The highest BCUT2D eigenvalue weighted by atomic mass is 15.1. The molecule has 0 atom stereocenters. The van der Waals surface area contributed by atoms with Gasteiger partial charge in [-0.2, -0.15) is 0 Å². The standard InChI is InChI=1S/C12H16N2.C3H8/c1-4-9-6-7-11-10(8-9)13-12(5-2)14(11)3;1-3-2/h6-8H,4-5H2,1-3H3;3H2,1-2H3. The lowest BCUT2D eigenvalue weighted by Crippen LogP contribution is -1.94. The van der Waals surface area contributed by atoms with Gasteiger partial charge >= 0.3 is 0 Å². The second kappa shape index (κ2) is 6.43. The van der Waals surface area contributed by atoms with E-state index in [1.807, 2.05) is 0 Å². The topological polar surface area (TPSA) is 17.8 Å². The van der Waals surface area contributed by atoms with E-state index in [1.54, 1.807) is 0 Å². The number of benzene rings is 1. The van der Waals surface area contributed by atoms with Crippen LogP contribution in [-0.2, 0) is 19.9 Å².